The molecule has 0 saturated carbocycles. The predicted molar refractivity (Wildman–Crippen MR) is 166 cm³/mol. The van der Waals surface area contributed by atoms with Crippen LogP contribution in [0.15, 0.2) is 115 Å². The largest absolute Gasteiger partial charge is 1.00 e. The molecule has 3 aliphatic rings. The van der Waals surface area contributed by atoms with Crippen molar-refractivity contribution >= 4 is 25.6 Å². The van der Waals surface area contributed by atoms with E-state index >= 15 is 0 Å². The van der Waals surface area contributed by atoms with Gasteiger partial charge in [-0.05, 0) is 0 Å². The van der Waals surface area contributed by atoms with Crippen molar-refractivity contribution in [3.8, 4) is 33.4 Å². The minimum absolute atomic E-state index is 0. The van der Waals surface area contributed by atoms with E-state index in [1.54, 1.807) is 27.5 Å². The van der Waals surface area contributed by atoms with Gasteiger partial charge in [-0.2, -0.15) is 0 Å². The maximum Gasteiger partial charge on any atom is -1.00 e. The summed E-state index contributed by atoms with van der Waals surface area (Å²) < 4.78 is 2.47. The number of halogens is 2. The first kappa shape index (κ1) is 28.6. The smallest absolute Gasteiger partial charge is 1.00 e. The van der Waals surface area contributed by atoms with Crippen molar-refractivity contribution in [1.82, 2.24) is 0 Å². The van der Waals surface area contributed by atoms with Crippen LogP contribution < -0.4 is 38.5 Å². The Balaban J connectivity index is 0.00000151. The summed E-state index contributed by atoms with van der Waals surface area (Å²) in [7, 11) is 0. The van der Waals surface area contributed by atoms with Crippen LogP contribution in [-0.2, 0) is 20.9 Å². The van der Waals surface area contributed by atoms with Crippen molar-refractivity contribution in [2.24, 2.45) is 5.92 Å². The molecule has 0 saturated heterocycles. The van der Waals surface area contributed by atoms with Gasteiger partial charge in [-0.25, -0.2) is 0 Å². The zero-order chi connectivity index (χ0) is 26.2. The molecule has 0 nitrogen and oxygen atoms in total. The second-order valence-electron chi connectivity index (χ2n) is 11.6. The summed E-state index contributed by atoms with van der Waals surface area (Å²) in [4.78, 5) is 0. The molecule has 0 N–H and O–H groups in total. The van der Waals surface area contributed by atoms with Crippen molar-refractivity contribution in [3.05, 3.63) is 131 Å². The normalized spacial score (nSPS) is 17.1. The molecule has 0 aromatic heterocycles. The number of rotatable bonds is 4. The molecule has 0 amide bonds. The van der Waals surface area contributed by atoms with Gasteiger partial charge in [0, 0.05) is 0 Å². The first-order valence-electron chi connectivity index (χ1n) is 14.2. The molecule has 41 heavy (non-hydrogen) atoms. The summed E-state index contributed by atoms with van der Waals surface area (Å²) in [5.74, 6) is -0.551. The Bertz CT molecular complexity index is 1830. The summed E-state index contributed by atoms with van der Waals surface area (Å²) in [6.07, 6.45) is 2.64. The molecule has 201 valence electrons. The minimum atomic E-state index is -2.02. The van der Waals surface area contributed by atoms with Crippen LogP contribution in [0.3, 0.4) is 0 Å². The molecule has 0 radical (unpaired) electrons. The fourth-order valence-corrected chi connectivity index (χ4v) is 34.0. The van der Waals surface area contributed by atoms with Crippen molar-refractivity contribution in [1.29, 1.82) is 0 Å². The van der Waals surface area contributed by atoms with Gasteiger partial charge in [0.2, 0.25) is 0 Å². The zero-order valence-electron chi connectivity index (χ0n) is 23.5. The van der Waals surface area contributed by atoms with E-state index in [1.807, 2.05) is 8.46 Å². The summed E-state index contributed by atoms with van der Waals surface area (Å²) in [6.45, 7) is 7.13. The number of fused-ring (bicyclic) bond motifs is 4. The molecule has 2 atom stereocenters. The standard InChI is InChI=1S/C25H23.C12H8Si.2ClH.Zr/c1-17(2)21-15-20-13-14-23(19-10-5-4-6-11-19)25(24(20)16-21)22-12-8-7-9-18(22)3;1-3-7-11-9(5-1)10-6-2-4-8-12(10)13-11;;;/h4-17H,1-3H3;1-7,13H;2*1H;/q;;;;+2/p-2. The second kappa shape index (κ2) is 11.0. The van der Waals surface area contributed by atoms with E-state index < -0.39 is 26.8 Å². The molecule has 2 heterocycles. The molecule has 2 unspecified atom stereocenters. The van der Waals surface area contributed by atoms with Crippen LogP contribution in [0.5, 0.6) is 0 Å². The van der Waals surface area contributed by atoms with Crippen LogP contribution >= 0.6 is 0 Å². The molecule has 0 spiro atoms. The maximum atomic E-state index is 2.64. The Morgan fingerprint density at radius 2 is 1.34 bits per heavy atom. The van der Waals surface area contributed by atoms with Gasteiger partial charge >= 0.3 is 242 Å². The van der Waals surface area contributed by atoms with Crippen LogP contribution in [0, 0.1) is 12.8 Å². The third kappa shape index (κ3) is 4.17. The minimum Gasteiger partial charge on any atom is -1.00 e. The van der Waals surface area contributed by atoms with Gasteiger partial charge in [0.25, 0.3) is 0 Å². The molecule has 1 aliphatic carbocycles. The Morgan fingerprint density at radius 3 is 2.10 bits per heavy atom. The van der Waals surface area contributed by atoms with Crippen molar-refractivity contribution in [2.75, 3.05) is 0 Å². The van der Waals surface area contributed by atoms with Crippen molar-refractivity contribution < 1.29 is 45.7 Å². The van der Waals surface area contributed by atoms with Crippen molar-refractivity contribution in [2.45, 2.75) is 24.4 Å². The van der Waals surface area contributed by atoms with E-state index in [0.29, 0.717) is 9.54 Å². The van der Waals surface area contributed by atoms with E-state index in [-0.39, 0.29) is 24.8 Å². The van der Waals surface area contributed by atoms with Crippen LogP contribution in [0.25, 0.3) is 39.5 Å². The molecule has 0 fully saturated rings. The van der Waals surface area contributed by atoms with E-state index in [2.05, 4.69) is 136 Å². The van der Waals surface area contributed by atoms with E-state index in [9.17, 15) is 0 Å². The average molecular weight is 666 g/mol. The van der Waals surface area contributed by atoms with Crippen LogP contribution in [0.4, 0.5) is 0 Å². The number of aryl methyl sites for hydroxylation is 1. The molecule has 0 bridgehead atoms. The molecule has 5 aromatic carbocycles. The van der Waals surface area contributed by atoms with Gasteiger partial charge in [-0.3, -0.25) is 0 Å². The van der Waals surface area contributed by atoms with Gasteiger partial charge in [-0.15, -0.1) is 0 Å². The zero-order valence-corrected chi connectivity index (χ0v) is 28.6. The first-order valence-corrected chi connectivity index (χ1v) is 22.9. The molecule has 4 heteroatoms. The molecule has 5 aromatic rings. The second-order valence-corrected chi connectivity index (χ2v) is 26.6. The van der Waals surface area contributed by atoms with E-state index in [0.717, 1.165) is 0 Å². The van der Waals surface area contributed by atoms with E-state index in [4.69, 9.17) is 0 Å². The number of hydrogen-bond acceptors (Lipinski definition) is 0. The Labute approximate surface area is 264 Å². The topological polar surface area (TPSA) is 0 Å². The Morgan fingerprint density at radius 1 is 0.659 bits per heavy atom. The summed E-state index contributed by atoms with van der Waals surface area (Å²) in [5, 5.41) is 3.56. The summed E-state index contributed by atoms with van der Waals surface area (Å²) in [5.41, 5.74) is 14.8. The average Bonchev–Trinajstić information content (AvgIpc) is 3.49. The molecular weight excluding hydrogens is 635 g/mol. The Kier molecular flexibility index (Phi) is 7.66. The summed E-state index contributed by atoms with van der Waals surface area (Å²) in [6, 6.07) is 41.7. The van der Waals surface area contributed by atoms with Gasteiger partial charge in [0.05, 0.1) is 0 Å². The summed E-state index contributed by atoms with van der Waals surface area (Å²) >= 11 is -2.02. The Hall–Kier alpha value is -2.48. The molecular formula is C37H31Cl2SiZr. The van der Waals surface area contributed by atoms with Crippen molar-refractivity contribution in [3.63, 3.8) is 0 Å². The number of hydrogen-bond donors (Lipinski definition) is 0. The molecule has 8 rings (SSSR count). The third-order valence-electron chi connectivity index (χ3n) is 9.29. The quantitative estimate of drug-likeness (QED) is 0.254. The van der Waals surface area contributed by atoms with Crippen LogP contribution in [-0.4, -0.2) is 5.92 Å². The SMILES string of the molecule is Cc1ccccc1-c1c(-c2ccccc2)ccc2c1C=C(C(C)C)[CH]2[Zr+2]1[c]2cccc3c2[SiH]1c1ccccc1-3.[Cl-].[Cl-]. The van der Waals surface area contributed by atoms with Crippen LogP contribution in [0.1, 0.15) is 34.2 Å². The van der Waals surface area contributed by atoms with E-state index in [1.165, 1.54) is 33.4 Å². The van der Waals surface area contributed by atoms with Gasteiger partial charge in [0.1, 0.15) is 0 Å². The fraction of sp³-hybridized carbons (Fsp3) is 0.135. The first-order chi connectivity index (χ1) is 19.1. The number of allylic oxidation sites excluding steroid dienone is 1. The van der Waals surface area contributed by atoms with Crippen LogP contribution in [0.2, 0.25) is 0 Å². The van der Waals surface area contributed by atoms with Gasteiger partial charge in [0.15, 0.2) is 0 Å². The molecule has 2 aliphatic heterocycles. The third-order valence-corrected chi connectivity index (χ3v) is 31.5. The number of benzene rings is 5. The maximum absolute atomic E-state index is 2.64. The predicted octanol–water partition coefficient (Wildman–Crippen LogP) is 1.21. The van der Waals surface area contributed by atoms with Gasteiger partial charge in [-0.1, -0.05) is 0 Å². The van der Waals surface area contributed by atoms with Gasteiger partial charge < -0.3 is 24.8 Å². The fourth-order valence-electron chi connectivity index (χ4n) is 7.56. The monoisotopic (exact) mass is 663 g/mol.